The minimum atomic E-state index is -4.99. The monoisotopic (exact) mass is 251 g/mol. The zero-order valence-electron chi connectivity index (χ0n) is 8.61. The van der Waals surface area contributed by atoms with Crippen LogP contribution in [0.5, 0.6) is 0 Å². The summed E-state index contributed by atoms with van der Waals surface area (Å²) in [4.78, 5) is 24.7. The van der Waals surface area contributed by atoms with Gasteiger partial charge in [0.25, 0.3) is 5.91 Å². The van der Waals surface area contributed by atoms with Gasteiger partial charge in [-0.1, -0.05) is 0 Å². The van der Waals surface area contributed by atoms with Crippen molar-refractivity contribution >= 4 is 17.6 Å². The normalized spacial score (nSPS) is 20.7. The van der Waals surface area contributed by atoms with E-state index in [0.717, 1.165) is 0 Å². The number of amides is 1. The maximum absolute atomic E-state index is 12.5. The van der Waals surface area contributed by atoms with Gasteiger partial charge in [-0.2, -0.15) is 13.2 Å². The first-order chi connectivity index (χ1) is 7.77. The van der Waals surface area contributed by atoms with E-state index in [9.17, 15) is 27.9 Å². The minimum absolute atomic E-state index is 0.151. The van der Waals surface area contributed by atoms with Crippen LogP contribution in [0.15, 0.2) is 16.8 Å². The number of hydrogen-bond acceptors (Lipinski definition) is 4. The smallest absolute Gasteiger partial charge is 0.430 e. The zero-order valence-corrected chi connectivity index (χ0v) is 8.61. The molecule has 0 spiro atoms. The highest BCUT2D eigenvalue weighted by Gasteiger charge is 2.48. The molecule has 1 N–H and O–H groups in total. The molecule has 0 aromatic heterocycles. The predicted molar refractivity (Wildman–Crippen MR) is 49.3 cm³/mol. The van der Waals surface area contributed by atoms with Crippen LogP contribution in [0, 0.1) is 5.92 Å². The maximum Gasteiger partial charge on any atom is 0.430 e. The highest BCUT2D eigenvalue weighted by Crippen LogP contribution is 2.29. The summed E-state index contributed by atoms with van der Waals surface area (Å²) in [7, 11) is 0. The van der Waals surface area contributed by atoms with Crippen molar-refractivity contribution in [1.82, 2.24) is 0 Å². The summed E-state index contributed by atoms with van der Waals surface area (Å²) in [5.41, 5.74) is -1.67. The Kier molecular flexibility index (Phi) is 3.54. The first-order valence-electron chi connectivity index (χ1n) is 4.54. The number of aliphatic imine (C=N–C) groups is 1. The molecule has 94 valence electrons. The molecule has 1 rings (SSSR count). The lowest BCUT2D eigenvalue weighted by Crippen LogP contribution is -2.40. The molecule has 0 saturated heterocycles. The molecule has 1 aliphatic rings. The third-order valence-corrected chi connectivity index (χ3v) is 1.88. The van der Waals surface area contributed by atoms with E-state index >= 15 is 0 Å². The topological polar surface area (TPSA) is 76.0 Å². The molecule has 8 heteroatoms. The van der Waals surface area contributed by atoms with Gasteiger partial charge in [-0.15, -0.1) is 0 Å². The van der Waals surface area contributed by atoms with Gasteiger partial charge in [-0.3, -0.25) is 9.59 Å². The average Bonchev–Trinajstić information content (AvgIpc) is 2.15. The fourth-order valence-electron chi connectivity index (χ4n) is 1.25. The number of alkyl halides is 3. The molecule has 0 bridgehead atoms. The van der Waals surface area contributed by atoms with Crippen LogP contribution >= 0.6 is 0 Å². The van der Waals surface area contributed by atoms with Crippen molar-refractivity contribution in [1.29, 1.82) is 0 Å². The number of aliphatic hydroxyl groups is 1. The molecule has 5 nitrogen and oxygen atoms in total. The number of carbonyl (C=O) groups is 2. The SMILES string of the molecule is CCOC(=O)C1C(O)=CC(=O)N=C1C(F)(F)F. The Hall–Kier alpha value is -1.86. The van der Waals surface area contributed by atoms with Gasteiger partial charge in [0.05, 0.1) is 6.61 Å². The predicted octanol–water partition coefficient (Wildman–Crippen LogP) is 1.15. The second-order valence-electron chi connectivity index (χ2n) is 3.09. The largest absolute Gasteiger partial charge is 0.511 e. The lowest BCUT2D eigenvalue weighted by Gasteiger charge is -2.21. The maximum atomic E-state index is 12.5. The fourth-order valence-corrected chi connectivity index (χ4v) is 1.25. The van der Waals surface area contributed by atoms with Gasteiger partial charge in [0.1, 0.15) is 11.5 Å². The molecule has 0 aliphatic carbocycles. The molecule has 0 saturated carbocycles. The number of aliphatic hydroxyl groups excluding tert-OH is 1. The summed E-state index contributed by atoms with van der Waals surface area (Å²) in [5, 5.41) is 9.23. The van der Waals surface area contributed by atoms with E-state index < -0.39 is 35.4 Å². The second kappa shape index (κ2) is 4.56. The van der Waals surface area contributed by atoms with Crippen LogP contribution in [0.2, 0.25) is 0 Å². The van der Waals surface area contributed by atoms with Crippen molar-refractivity contribution < 1.29 is 32.6 Å². The molecule has 1 amide bonds. The Morgan fingerprint density at radius 3 is 2.65 bits per heavy atom. The van der Waals surface area contributed by atoms with E-state index in [1.165, 1.54) is 6.92 Å². The molecule has 1 heterocycles. The summed E-state index contributed by atoms with van der Waals surface area (Å²) in [6, 6.07) is 0. The second-order valence-corrected chi connectivity index (χ2v) is 3.09. The van der Waals surface area contributed by atoms with E-state index in [4.69, 9.17) is 0 Å². The number of esters is 1. The van der Waals surface area contributed by atoms with Gasteiger partial charge in [0.15, 0.2) is 5.92 Å². The van der Waals surface area contributed by atoms with Crippen molar-refractivity contribution in [2.45, 2.75) is 13.1 Å². The summed E-state index contributed by atoms with van der Waals surface area (Å²) >= 11 is 0. The molecule has 0 fully saturated rings. The van der Waals surface area contributed by atoms with Crippen molar-refractivity contribution in [2.24, 2.45) is 10.9 Å². The molecule has 0 aromatic carbocycles. The van der Waals surface area contributed by atoms with Crippen LogP contribution in [0.25, 0.3) is 0 Å². The van der Waals surface area contributed by atoms with E-state index in [0.29, 0.717) is 6.08 Å². The number of dihydropyridines is 1. The standard InChI is InChI=1S/C9H8F3NO4/c1-2-17-8(16)6-4(14)3-5(15)13-7(6)9(10,11)12/h3,6,14H,2H2,1H3. The Labute approximate surface area is 93.6 Å². The van der Waals surface area contributed by atoms with E-state index in [1.807, 2.05) is 0 Å². The minimum Gasteiger partial charge on any atom is -0.511 e. The molecule has 1 atom stereocenters. The lowest BCUT2D eigenvalue weighted by atomic mass is 9.97. The number of hydrogen-bond donors (Lipinski definition) is 1. The van der Waals surface area contributed by atoms with Crippen molar-refractivity contribution in [3.8, 4) is 0 Å². The van der Waals surface area contributed by atoms with Crippen LogP contribution in [0.4, 0.5) is 13.2 Å². The number of carbonyl (C=O) groups excluding carboxylic acids is 2. The highest BCUT2D eigenvalue weighted by atomic mass is 19.4. The first kappa shape index (κ1) is 13.2. The van der Waals surface area contributed by atoms with Crippen molar-refractivity contribution in [3.63, 3.8) is 0 Å². The number of rotatable bonds is 2. The third kappa shape index (κ3) is 2.83. The molecule has 17 heavy (non-hydrogen) atoms. The molecular formula is C9H8F3NO4. The fraction of sp³-hybridized carbons (Fsp3) is 0.444. The third-order valence-electron chi connectivity index (χ3n) is 1.88. The molecule has 1 aliphatic heterocycles. The van der Waals surface area contributed by atoms with Gasteiger partial charge in [-0.05, 0) is 6.92 Å². The van der Waals surface area contributed by atoms with Crippen LogP contribution < -0.4 is 0 Å². The van der Waals surface area contributed by atoms with Crippen LogP contribution in [0.3, 0.4) is 0 Å². The lowest BCUT2D eigenvalue weighted by molar-refractivity contribution is -0.146. The Bertz CT molecular complexity index is 411. The Balaban J connectivity index is 3.14. The number of ether oxygens (including phenoxy) is 1. The molecule has 0 radical (unpaired) electrons. The molecule has 0 aromatic rings. The van der Waals surface area contributed by atoms with E-state index in [2.05, 4.69) is 9.73 Å². The van der Waals surface area contributed by atoms with Gasteiger partial charge in [0, 0.05) is 6.08 Å². The first-order valence-corrected chi connectivity index (χ1v) is 4.54. The summed E-state index contributed by atoms with van der Waals surface area (Å²) in [5.74, 6) is -5.68. The van der Waals surface area contributed by atoms with Crippen molar-refractivity contribution in [3.05, 3.63) is 11.8 Å². The van der Waals surface area contributed by atoms with Gasteiger partial charge in [-0.25, -0.2) is 4.99 Å². The average molecular weight is 251 g/mol. The van der Waals surface area contributed by atoms with Gasteiger partial charge in [0.2, 0.25) is 0 Å². The summed E-state index contributed by atoms with van der Waals surface area (Å²) < 4.78 is 41.9. The van der Waals surface area contributed by atoms with Crippen LogP contribution in [0.1, 0.15) is 6.92 Å². The summed E-state index contributed by atoms with van der Waals surface area (Å²) in [6.45, 7) is 1.25. The highest BCUT2D eigenvalue weighted by molar-refractivity contribution is 6.15. The van der Waals surface area contributed by atoms with E-state index in [-0.39, 0.29) is 6.61 Å². The molecular weight excluding hydrogens is 243 g/mol. The van der Waals surface area contributed by atoms with Crippen LogP contribution in [-0.4, -0.2) is 35.5 Å². The van der Waals surface area contributed by atoms with Gasteiger partial charge < -0.3 is 9.84 Å². The quantitative estimate of drug-likeness (QED) is 0.747. The zero-order chi connectivity index (χ0) is 13.2. The van der Waals surface area contributed by atoms with Crippen molar-refractivity contribution in [2.75, 3.05) is 6.61 Å². The number of halogens is 3. The van der Waals surface area contributed by atoms with E-state index in [1.54, 1.807) is 0 Å². The Morgan fingerprint density at radius 1 is 1.59 bits per heavy atom. The Morgan fingerprint density at radius 2 is 2.18 bits per heavy atom. The van der Waals surface area contributed by atoms with Crippen LogP contribution in [-0.2, 0) is 14.3 Å². The summed E-state index contributed by atoms with van der Waals surface area (Å²) in [6.07, 6.45) is -4.54. The van der Waals surface area contributed by atoms with Gasteiger partial charge >= 0.3 is 12.1 Å². The number of nitrogens with zero attached hydrogens (tertiary/aromatic N) is 1. The molecule has 1 unspecified atom stereocenters.